The molecule has 0 saturated carbocycles. The van der Waals surface area contributed by atoms with Gasteiger partial charge in [-0.2, -0.15) is 0 Å². The van der Waals surface area contributed by atoms with E-state index in [9.17, 15) is 24.3 Å². The molecule has 2 amide bonds. The molecule has 0 radical (unpaired) electrons. The van der Waals surface area contributed by atoms with Crippen molar-refractivity contribution >= 4 is 23.9 Å². The molecule has 0 bridgehead atoms. The summed E-state index contributed by atoms with van der Waals surface area (Å²) >= 11 is 0. The van der Waals surface area contributed by atoms with Gasteiger partial charge < -0.3 is 24.6 Å². The number of nitrogens with zero attached hydrogens (tertiary/aromatic N) is 1. The lowest BCUT2D eigenvalue weighted by Gasteiger charge is -2.35. The molecular formula is C27H32N2O8. The molecule has 3 rings (SSSR count). The minimum Gasteiger partial charge on any atom is -0.467 e. The Labute approximate surface area is 215 Å². The number of hydrogen-bond donors (Lipinski definition) is 2. The summed E-state index contributed by atoms with van der Waals surface area (Å²) in [4.78, 5) is 52.7. The van der Waals surface area contributed by atoms with Crippen molar-refractivity contribution in [2.75, 3.05) is 13.7 Å². The fourth-order valence-electron chi connectivity index (χ4n) is 4.65. The maximum atomic E-state index is 14.0. The lowest BCUT2D eigenvalue weighted by Crippen LogP contribution is -2.58. The van der Waals surface area contributed by atoms with E-state index >= 15 is 0 Å². The van der Waals surface area contributed by atoms with Crippen molar-refractivity contribution in [3.8, 4) is 0 Å². The Bertz CT molecular complexity index is 1110. The molecular weight excluding hydrogens is 480 g/mol. The quantitative estimate of drug-likeness (QED) is 0.366. The van der Waals surface area contributed by atoms with Crippen LogP contribution in [0.25, 0.3) is 0 Å². The van der Waals surface area contributed by atoms with Gasteiger partial charge in [0.15, 0.2) is 5.72 Å². The Balaban J connectivity index is 1.98. The van der Waals surface area contributed by atoms with Crippen LogP contribution in [-0.2, 0) is 41.6 Å². The van der Waals surface area contributed by atoms with Gasteiger partial charge in [0, 0.05) is 12.8 Å². The van der Waals surface area contributed by atoms with Crippen LogP contribution in [0.2, 0.25) is 0 Å². The first-order chi connectivity index (χ1) is 17.6. The molecule has 1 fully saturated rings. The maximum Gasteiger partial charge on any atom is 0.408 e. The van der Waals surface area contributed by atoms with Gasteiger partial charge in [-0.05, 0) is 25.0 Å². The number of hydrogen-bond acceptors (Lipinski definition) is 8. The van der Waals surface area contributed by atoms with Crippen molar-refractivity contribution in [1.82, 2.24) is 10.2 Å². The van der Waals surface area contributed by atoms with E-state index in [0.29, 0.717) is 5.56 Å². The van der Waals surface area contributed by atoms with E-state index in [1.807, 2.05) is 6.07 Å². The highest BCUT2D eigenvalue weighted by atomic mass is 16.6. The van der Waals surface area contributed by atoms with Gasteiger partial charge in [0.2, 0.25) is 0 Å². The number of likely N-dealkylation sites (tertiary alicyclic amines) is 1. The molecule has 2 aromatic carbocycles. The largest absolute Gasteiger partial charge is 0.467 e. The van der Waals surface area contributed by atoms with Crippen LogP contribution in [0, 0.1) is 0 Å². The average Bonchev–Trinajstić information content (AvgIpc) is 3.08. The molecule has 2 aromatic rings. The van der Waals surface area contributed by atoms with Gasteiger partial charge >= 0.3 is 18.0 Å². The molecule has 0 aliphatic carbocycles. The topological polar surface area (TPSA) is 131 Å². The fourth-order valence-corrected chi connectivity index (χ4v) is 4.65. The summed E-state index contributed by atoms with van der Waals surface area (Å²) in [5.41, 5.74) is -2.44. The number of benzene rings is 2. The van der Waals surface area contributed by atoms with Gasteiger partial charge in [0.25, 0.3) is 5.91 Å². The summed E-state index contributed by atoms with van der Waals surface area (Å²) in [6, 6.07) is 16.6. The second-order valence-electron chi connectivity index (χ2n) is 8.95. The lowest BCUT2D eigenvalue weighted by atomic mass is 9.86. The number of esters is 2. The molecule has 0 aromatic heterocycles. The van der Waals surface area contributed by atoms with Crippen molar-refractivity contribution in [2.24, 2.45) is 0 Å². The highest BCUT2D eigenvalue weighted by molar-refractivity contribution is 5.96. The zero-order valence-electron chi connectivity index (χ0n) is 21.1. The number of ether oxygens (including phenoxy) is 3. The summed E-state index contributed by atoms with van der Waals surface area (Å²) in [7, 11) is 1.15. The van der Waals surface area contributed by atoms with Gasteiger partial charge in [0.1, 0.15) is 18.2 Å². The van der Waals surface area contributed by atoms with Gasteiger partial charge in [-0.25, -0.2) is 9.59 Å². The van der Waals surface area contributed by atoms with Crippen molar-refractivity contribution in [3.05, 3.63) is 71.8 Å². The van der Waals surface area contributed by atoms with Crippen LogP contribution in [0.15, 0.2) is 60.7 Å². The molecule has 37 heavy (non-hydrogen) atoms. The smallest absolute Gasteiger partial charge is 0.408 e. The summed E-state index contributed by atoms with van der Waals surface area (Å²) < 4.78 is 15.2. The van der Waals surface area contributed by atoms with Crippen LogP contribution in [0.3, 0.4) is 0 Å². The van der Waals surface area contributed by atoms with Crippen molar-refractivity contribution < 1.29 is 38.5 Å². The Morgan fingerprint density at radius 1 is 1.03 bits per heavy atom. The van der Waals surface area contributed by atoms with Crippen LogP contribution in [0.1, 0.15) is 37.8 Å². The maximum absolute atomic E-state index is 14.0. The number of aliphatic hydroxyl groups is 1. The van der Waals surface area contributed by atoms with Crippen LogP contribution in [0.4, 0.5) is 4.79 Å². The minimum absolute atomic E-state index is 0.0252. The predicted octanol–water partition coefficient (Wildman–Crippen LogP) is 2.33. The summed E-state index contributed by atoms with van der Waals surface area (Å²) in [6.07, 6.45) is -1.92. The van der Waals surface area contributed by atoms with E-state index in [-0.39, 0.29) is 19.6 Å². The standard InChI is InChI=1S/C27H32N2O8/c1-4-36-22(30)16-27(34)18-26(15-20-11-7-5-8-12-20,24(32)29(27)19(2)23(31)35-3)28-25(33)37-17-21-13-9-6-10-14-21/h5-14,19,34H,4,15-18H2,1-3H3,(H,28,33)/t19-,26+,27?/m0/s1. The van der Waals surface area contributed by atoms with Gasteiger partial charge in [-0.15, -0.1) is 0 Å². The predicted molar refractivity (Wildman–Crippen MR) is 132 cm³/mol. The molecule has 2 N–H and O–H groups in total. The van der Waals surface area contributed by atoms with Crippen molar-refractivity contribution in [2.45, 2.75) is 57.0 Å². The molecule has 1 saturated heterocycles. The molecule has 1 unspecified atom stereocenters. The normalized spacial score (nSPS) is 21.7. The van der Waals surface area contributed by atoms with E-state index in [4.69, 9.17) is 14.2 Å². The third kappa shape index (κ3) is 6.45. The number of carbonyl (C=O) groups is 4. The van der Waals surface area contributed by atoms with Crippen molar-refractivity contribution in [3.63, 3.8) is 0 Å². The molecule has 1 heterocycles. The van der Waals surface area contributed by atoms with E-state index in [0.717, 1.165) is 17.6 Å². The Kier molecular flexibility index (Phi) is 8.88. The molecule has 1 aliphatic heterocycles. The summed E-state index contributed by atoms with van der Waals surface area (Å²) in [5, 5.41) is 14.3. The van der Waals surface area contributed by atoms with Crippen LogP contribution >= 0.6 is 0 Å². The molecule has 1 aliphatic rings. The number of nitrogens with one attached hydrogen (secondary N) is 1. The summed E-state index contributed by atoms with van der Waals surface area (Å²) in [6.45, 7) is 3.01. The molecule has 10 heteroatoms. The molecule has 0 spiro atoms. The highest BCUT2D eigenvalue weighted by Crippen LogP contribution is 2.41. The van der Waals surface area contributed by atoms with E-state index in [2.05, 4.69) is 5.32 Å². The second kappa shape index (κ2) is 11.9. The third-order valence-electron chi connectivity index (χ3n) is 6.23. The average molecular weight is 513 g/mol. The molecule has 3 atom stereocenters. The fraction of sp³-hybridized carbons (Fsp3) is 0.407. The first kappa shape index (κ1) is 27.7. The van der Waals surface area contributed by atoms with E-state index < -0.39 is 54.1 Å². The Morgan fingerprint density at radius 2 is 1.62 bits per heavy atom. The zero-order valence-corrected chi connectivity index (χ0v) is 21.1. The van der Waals surface area contributed by atoms with Crippen LogP contribution in [-0.4, -0.2) is 65.0 Å². The van der Waals surface area contributed by atoms with Gasteiger partial charge in [-0.3, -0.25) is 14.5 Å². The second-order valence-corrected chi connectivity index (χ2v) is 8.95. The Hall–Kier alpha value is -3.92. The van der Waals surface area contributed by atoms with Crippen LogP contribution in [0.5, 0.6) is 0 Å². The number of methoxy groups -OCH3 is 1. The summed E-state index contributed by atoms with van der Waals surface area (Å²) in [5.74, 6) is -2.31. The van der Waals surface area contributed by atoms with Crippen LogP contribution < -0.4 is 5.32 Å². The molecule has 10 nitrogen and oxygen atoms in total. The Morgan fingerprint density at radius 3 is 2.19 bits per heavy atom. The number of amides is 2. The van der Waals surface area contributed by atoms with Gasteiger partial charge in [-0.1, -0.05) is 60.7 Å². The first-order valence-corrected chi connectivity index (χ1v) is 12.0. The third-order valence-corrected chi connectivity index (χ3v) is 6.23. The first-order valence-electron chi connectivity index (χ1n) is 12.0. The van der Waals surface area contributed by atoms with Crippen molar-refractivity contribution in [1.29, 1.82) is 0 Å². The SMILES string of the molecule is CCOC(=O)CC1(O)C[C@@](Cc2ccccc2)(NC(=O)OCc2ccccc2)C(=O)N1[C@@H](C)C(=O)OC. The minimum atomic E-state index is -2.14. The number of rotatable bonds is 10. The number of alkyl carbamates (subject to hydrolysis) is 1. The number of carbonyl (C=O) groups excluding carboxylic acids is 4. The monoisotopic (exact) mass is 512 g/mol. The highest BCUT2D eigenvalue weighted by Gasteiger charge is 2.62. The molecule has 198 valence electrons. The lowest BCUT2D eigenvalue weighted by molar-refractivity contribution is -0.175. The van der Waals surface area contributed by atoms with Gasteiger partial charge in [0.05, 0.1) is 20.1 Å². The van der Waals surface area contributed by atoms with E-state index in [1.54, 1.807) is 61.5 Å². The van der Waals surface area contributed by atoms with E-state index in [1.165, 1.54) is 6.92 Å². The zero-order chi connectivity index (χ0) is 27.1.